The lowest BCUT2D eigenvalue weighted by atomic mass is 10.4. The second kappa shape index (κ2) is 3.18. The van der Waals surface area contributed by atoms with Gasteiger partial charge in [-0.3, -0.25) is 0 Å². The highest BCUT2D eigenvalue weighted by molar-refractivity contribution is 7.92. The van der Waals surface area contributed by atoms with E-state index in [1.807, 2.05) is 0 Å². The second-order valence-corrected chi connectivity index (χ2v) is 5.15. The molecule has 1 aromatic heterocycles. The van der Waals surface area contributed by atoms with E-state index in [1.54, 1.807) is 0 Å². The van der Waals surface area contributed by atoms with Crippen molar-refractivity contribution in [1.29, 1.82) is 0 Å². The fourth-order valence-electron chi connectivity index (χ4n) is 0.703. The molecule has 0 bridgehead atoms. The average molecular weight is 188 g/mol. The van der Waals surface area contributed by atoms with Gasteiger partial charge in [-0.2, -0.15) is 8.75 Å². The molecule has 0 radical (unpaired) electrons. The lowest BCUT2D eigenvalue weighted by Crippen LogP contribution is -1.89. The Morgan fingerprint density at radius 2 is 2.25 bits per heavy atom. The quantitative estimate of drug-likeness (QED) is 0.628. The minimum Gasteiger partial charge on any atom is -0.250 e. The lowest BCUT2D eigenvalue weighted by molar-refractivity contribution is 0.584. The van der Waals surface area contributed by atoms with Crippen LogP contribution >= 0.6 is 0 Å². The van der Waals surface area contributed by atoms with Gasteiger partial charge in [0.1, 0.15) is 0 Å². The Morgan fingerprint density at radius 1 is 1.58 bits per heavy atom. The van der Waals surface area contributed by atoms with E-state index in [0.717, 1.165) is 6.07 Å². The third-order valence-electron chi connectivity index (χ3n) is 1.04. The van der Waals surface area contributed by atoms with Gasteiger partial charge in [0.2, 0.25) is 5.95 Å². The molecule has 0 aliphatic rings. The van der Waals surface area contributed by atoms with Crippen molar-refractivity contribution in [3.63, 3.8) is 0 Å². The van der Waals surface area contributed by atoms with Crippen LogP contribution in [0.5, 0.6) is 0 Å². The van der Waals surface area contributed by atoms with E-state index in [4.69, 9.17) is 0 Å². The highest BCUT2D eigenvalue weighted by atomic mass is 32.2. The van der Waals surface area contributed by atoms with Gasteiger partial charge in [0.05, 0.1) is 5.69 Å². The molecule has 0 spiro atoms. The maximum atomic E-state index is 12.5. The van der Waals surface area contributed by atoms with E-state index in [0.29, 0.717) is 5.69 Å². The number of hydrogen-bond acceptors (Lipinski definition) is 3. The van der Waals surface area contributed by atoms with E-state index >= 15 is 0 Å². The third-order valence-corrected chi connectivity index (χ3v) is 1.69. The smallest absolute Gasteiger partial charge is 0.214 e. The number of hydrogen-bond donors (Lipinski definition) is 0. The molecule has 0 N–H and O–H groups in total. The molecule has 1 heterocycles. The zero-order valence-corrected chi connectivity index (χ0v) is 7.64. The minimum atomic E-state index is -2.21. The molecular formula is C7H9FN2OS. The monoisotopic (exact) mass is 188 g/mol. The number of rotatable bonds is 1. The molecule has 0 aliphatic heterocycles. The molecule has 3 nitrogen and oxygen atoms in total. The molecule has 0 fully saturated rings. The second-order valence-electron chi connectivity index (χ2n) is 2.61. The first-order chi connectivity index (χ1) is 5.47. The van der Waals surface area contributed by atoms with E-state index in [2.05, 4.69) is 9.35 Å². The predicted octanol–water partition coefficient (Wildman–Crippen LogP) is 1.58. The van der Waals surface area contributed by atoms with Crippen molar-refractivity contribution in [3.8, 4) is 0 Å². The fourth-order valence-corrected chi connectivity index (χ4v) is 1.32. The van der Waals surface area contributed by atoms with Gasteiger partial charge >= 0.3 is 0 Å². The highest BCUT2D eigenvalue weighted by Gasteiger charge is 1.95. The third kappa shape index (κ3) is 2.96. The van der Waals surface area contributed by atoms with Gasteiger partial charge in [0, 0.05) is 34.5 Å². The van der Waals surface area contributed by atoms with Gasteiger partial charge in [-0.1, -0.05) is 0 Å². The summed E-state index contributed by atoms with van der Waals surface area (Å²) in [4.78, 5) is 3.35. The lowest BCUT2D eigenvalue weighted by Gasteiger charge is -1.95. The van der Waals surface area contributed by atoms with Gasteiger partial charge in [-0.25, -0.2) is 9.19 Å². The first-order valence-electron chi connectivity index (χ1n) is 3.26. The summed E-state index contributed by atoms with van der Waals surface area (Å²) in [7, 11) is -2.21. The Bertz CT molecular complexity index is 388. The molecule has 0 aliphatic carbocycles. The summed E-state index contributed by atoms with van der Waals surface area (Å²) >= 11 is 0. The topological polar surface area (TPSA) is 42.3 Å². The van der Waals surface area contributed by atoms with Crippen LogP contribution in [0.2, 0.25) is 0 Å². The standard InChI is InChI=1S/C7H9FN2OS/c1-12(2,11)10-6-3-4-9-7(8)5-6/h3-5H,1-2H3. The predicted molar refractivity (Wildman–Crippen MR) is 46.3 cm³/mol. The van der Waals surface area contributed by atoms with Crippen molar-refractivity contribution in [2.75, 3.05) is 12.5 Å². The molecule has 12 heavy (non-hydrogen) atoms. The van der Waals surface area contributed by atoms with E-state index in [9.17, 15) is 8.60 Å². The van der Waals surface area contributed by atoms with Gasteiger partial charge in [0.15, 0.2) is 0 Å². The van der Waals surface area contributed by atoms with E-state index < -0.39 is 15.7 Å². The molecule has 0 saturated heterocycles. The molecule has 0 aromatic carbocycles. The summed E-state index contributed by atoms with van der Waals surface area (Å²) in [5, 5.41) is 0. The van der Waals surface area contributed by atoms with Crippen molar-refractivity contribution in [2.24, 2.45) is 4.36 Å². The van der Waals surface area contributed by atoms with Crippen LogP contribution in [0, 0.1) is 5.95 Å². The van der Waals surface area contributed by atoms with Crippen molar-refractivity contribution in [3.05, 3.63) is 24.3 Å². The van der Waals surface area contributed by atoms with Gasteiger partial charge in [-0.15, -0.1) is 0 Å². The largest absolute Gasteiger partial charge is 0.250 e. The molecule has 0 unspecified atom stereocenters. The average Bonchev–Trinajstić information content (AvgIpc) is 1.82. The molecule has 1 rings (SSSR count). The van der Waals surface area contributed by atoms with Crippen LogP contribution in [0.15, 0.2) is 22.7 Å². The summed E-state index contributed by atoms with van der Waals surface area (Å²) in [6, 6.07) is 2.66. The van der Waals surface area contributed by atoms with Crippen LogP contribution in [0.25, 0.3) is 0 Å². The summed E-state index contributed by atoms with van der Waals surface area (Å²) in [6.07, 6.45) is 4.27. The van der Waals surface area contributed by atoms with Crippen LogP contribution < -0.4 is 0 Å². The molecule has 5 heteroatoms. The normalized spacial score (nSPS) is 11.2. The maximum Gasteiger partial charge on any atom is 0.214 e. The van der Waals surface area contributed by atoms with Crippen LogP contribution in [-0.2, 0) is 9.73 Å². The molecule has 1 aromatic rings. The summed E-state index contributed by atoms with van der Waals surface area (Å²) in [5.74, 6) is -0.611. The zero-order valence-electron chi connectivity index (χ0n) is 6.82. The summed E-state index contributed by atoms with van der Waals surface area (Å²) in [5.41, 5.74) is 0.359. The highest BCUT2D eigenvalue weighted by Crippen LogP contribution is 2.12. The molecule has 0 saturated carbocycles. The minimum absolute atomic E-state index is 0.359. The Hall–Kier alpha value is -0.970. The Balaban J connectivity index is 3.15. The number of nitrogens with zero attached hydrogens (tertiary/aromatic N) is 2. The van der Waals surface area contributed by atoms with Crippen LogP contribution in [0.4, 0.5) is 10.1 Å². The molecular weight excluding hydrogens is 179 g/mol. The van der Waals surface area contributed by atoms with Gasteiger partial charge in [0.25, 0.3) is 0 Å². The Kier molecular flexibility index (Phi) is 2.42. The van der Waals surface area contributed by atoms with Crippen molar-refractivity contribution in [1.82, 2.24) is 4.98 Å². The van der Waals surface area contributed by atoms with Crippen molar-refractivity contribution < 1.29 is 8.60 Å². The zero-order chi connectivity index (χ0) is 9.19. The number of pyridine rings is 1. The summed E-state index contributed by atoms with van der Waals surface area (Å²) in [6.45, 7) is 0. The fraction of sp³-hybridized carbons (Fsp3) is 0.286. The van der Waals surface area contributed by atoms with Crippen molar-refractivity contribution in [2.45, 2.75) is 0 Å². The van der Waals surface area contributed by atoms with Gasteiger partial charge < -0.3 is 0 Å². The molecule has 0 amide bonds. The van der Waals surface area contributed by atoms with Crippen LogP contribution in [-0.4, -0.2) is 21.7 Å². The Morgan fingerprint density at radius 3 is 2.75 bits per heavy atom. The summed E-state index contributed by atoms with van der Waals surface area (Å²) < 4.78 is 27.4. The van der Waals surface area contributed by atoms with E-state index in [1.165, 1.54) is 24.8 Å². The number of halogens is 1. The van der Waals surface area contributed by atoms with Crippen molar-refractivity contribution >= 4 is 15.4 Å². The van der Waals surface area contributed by atoms with Crippen LogP contribution in [0.3, 0.4) is 0 Å². The Labute approximate surface area is 70.8 Å². The first kappa shape index (κ1) is 9.12. The number of aromatic nitrogens is 1. The molecule has 0 atom stereocenters. The SMILES string of the molecule is CS(C)(=O)=Nc1ccnc(F)c1. The first-order valence-corrected chi connectivity index (χ1v) is 5.59. The van der Waals surface area contributed by atoms with Crippen LogP contribution in [0.1, 0.15) is 0 Å². The molecule has 66 valence electrons. The van der Waals surface area contributed by atoms with E-state index in [-0.39, 0.29) is 0 Å². The van der Waals surface area contributed by atoms with Gasteiger partial charge in [-0.05, 0) is 6.07 Å². The maximum absolute atomic E-state index is 12.5.